The average molecular weight is 292 g/mol. The lowest BCUT2D eigenvalue weighted by Gasteiger charge is -2.24. The minimum atomic E-state index is -0.0701. The lowest BCUT2D eigenvalue weighted by Crippen LogP contribution is -2.25. The molecule has 0 amide bonds. The smallest absolute Gasteiger partial charge is 0.146 e. The summed E-state index contributed by atoms with van der Waals surface area (Å²) in [6, 6.07) is 5.70. The largest absolute Gasteiger partial charge is 0.369 e. The summed E-state index contributed by atoms with van der Waals surface area (Å²) >= 11 is 0. The summed E-state index contributed by atoms with van der Waals surface area (Å²) in [6.45, 7) is 7.96. The van der Waals surface area contributed by atoms with Gasteiger partial charge in [-0.3, -0.25) is 0 Å². The minimum Gasteiger partial charge on any atom is -0.369 e. The first kappa shape index (κ1) is 16.3. The third-order valence-electron chi connectivity index (χ3n) is 4.48. The Morgan fingerprint density at radius 1 is 1.24 bits per heavy atom. The van der Waals surface area contributed by atoms with E-state index in [4.69, 9.17) is 0 Å². The Balaban J connectivity index is 2.00. The molecule has 0 radical (unpaired) electrons. The molecule has 3 heteroatoms. The summed E-state index contributed by atoms with van der Waals surface area (Å²) in [4.78, 5) is 2.24. The number of anilines is 1. The van der Waals surface area contributed by atoms with Crippen molar-refractivity contribution < 1.29 is 4.39 Å². The van der Waals surface area contributed by atoms with E-state index in [9.17, 15) is 4.39 Å². The van der Waals surface area contributed by atoms with E-state index in [0.29, 0.717) is 0 Å². The van der Waals surface area contributed by atoms with Gasteiger partial charge in [-0.1, -0.05) is 32.8 Å². The second-order valence-corrected chi connectivity index (χ2v) is 6.14. The topological polar surface area (TPSA) is 15.3 Å². The van der Waals surface area contributed by atoms with Gasteiger partial charge in [-0.05, 0) is 49.4 Å². The SMILES string of the molecule is CCCC1CCCN(c2ccc(CNCC)cc2F)CC1. The van der Waals surface area contributed by atoms with Crippen LogP contribution in [0.5, 0.6) is 0 Å². The van der Waals surface area contributed by atoms with Crippen molar-refractivity contribution in [2.45, 2.75) is 52.5 Å². The predicted molar refractivity (Wildman–Crippen MR) is 88.2 cm³/mol. The van der Waals surface area contributed by atoms with Gasteiger partial charge in [-0.15, -0.1) is 0 Å². The Kier molecular flexibility index (Phi) is 6.50. The standard InChI is InChI=1S/C18H29FN2/c1-3-6-15-7-5-11-21(12-10-15)18-9-8-16(13-17(18)19)14-20-4-2/h8-9,13,15,20H,3-7,10-12,14H2,1-2H3. The Morgan fingerprint density at radius 3 is 2.81 bits per heavy atom. The Bertz CT molecular complexity index is 433. The molecular formula is C18H29FN2. The van der Waals surface area contributed by atoms with Crippen molar-refractivity contribution in [3.63, 3.8) is 0 Å². The maximum absolute atomic E-state index is 14.4. The lowest BCUT2D eigenvalue weighted by atomic mass is 9.96. The van der Waals surface area contributed by atoms with Crippen LogP contribution in [0.2, 0.25) is 0 Å². The summed E-state index contributed by atoms with van der Waals surface area (Å²) < 4.78 is 14.4. The van der Waals surface area contributed by atoms with Crippen molar-refractivity contribution in [3.8, 4) is 0 Å². The van der Waals surface area contributed by atoms with Gasteiger partial charge in [0.05, 0.1) is 5.69 Å². The fraction of sp³-hybridized carbons (Fsp3) is 0.667. The molecule has 1 N–H and O–H groups in total. The second kappa shape index (κ2) is 8.38. The van der Waals surface area contributed by atoms with Crippen molar-refractivity contribution in [2.75, 3.05) is 24.5 Å². The minimum absolute atomic E-state index is 0.0701. The summed E-state index contributed by atoms with van der Waals surface area (Å²) in [7, 11) is 0. The van der Waals surface area contributed by atoms with Crippen LogP contribution in [0.1, 0.15) is 51.5 Å². The summed E-state index contributed by atoms with van der Waals surface area (Å²) in [6.07, 6.45) is 6.26. The van der Waals surface area contributed by atoms with Crippen LogP contribution in [-0.4, -0.2) is 19.6 Å². The fourth-order valence-corrected chi connectivity index (χ4v) is 3.29. The number of rotatable bonds is 6. The third-order valence-corrected chi connectivity index (χ3v) is 4.48. The van der Waals surface area contributed by atoms with Crippen LogP contribution >= 0.6 is 0 Å². The highest BCUT2D eigenvalue weighted by molar-refractivity contribution is 5.49. The number of hydrogen-bond acceptors (Lipinski definition) is 2. The number of nitrogens with zero attached hydrogens (tertiary/aromatic N) is 1. The van der Waals surface area contributed by atoms with Crippen molar-refractivity contribution in [3.05, 3.63) is 29.6 Å². The molecule has 1 aliphatic heterocycles. The monoisotopic (exact) mass is 292 g/mol. The molecule has 1 atom stereocenters. The van der Waals surface area contributed by atoms with Crippen LogP contribution in [0, 0.1) is 11.7 Å². The molecule has 2 nitrogen and oxygen atoms in total. The molecule has 1 heterocycles. The van der Waals surface area contributed by atoms with Crippen LogP contribution in [0.3, 0.4) is 0 Å². The average Bonchev–Trinajstić information content (AvgIpc) is 2.71. The molecule has 21 heavy (non-hydrogen) atoms. The van der Waals surface area contributed by atoms with Gasteiger partial charge in [0.15, 0.2) is 0 Å². The van der Waals surface area contributed by atoms with Crippen LogP contribution < -0.4 is 10.2 Å². The third kappa shape index (κ3) is 4.70. The molecule has 118 valence electrons. The Hall–Kier alpha value is -1.09. The molecule has 2 rings (SSSR count). The van der Waals surface area contributed by atoms with Crippen LogP contribution in [0.25, 0.3) is 0 Å². The van der Waals surface area contributed by atoms with E-state index < -0.39 is 0 Å². The molecule has 1 aliphatic rings. The van der Waals surface area contributed by atoms with Gasteiger partial charge in [0, 0.05) is 19.6 Å². The molecule has 0 saturated carbocycles. The van der Waals surface area contributed by atoms with Gasteiger partial charge in [0.25, 0.3) is 0 Å². The summed E-state index contributed by atoms with van der Waals surface area (Å²) in [5.74, 6) is 0.760. The number of halogens is 1. The number of hydrogen-bond donors (Lipinski definition) is 1. The van der Waals surface area contributed by atoms with Gasteiger partial charge >= 0.3 is 0 Å². The van der Waals surface area contributed by atoms with E-state index in [1.165, 1.54) is 32.1 Å². The molecule has 0 aliphatic carbocycles. The zero-order chi connectivity index (χ0) is 15.1. The Morgan fingerprint density at radius 2 is 2.10 bits per heavy atom. The van der Waals surface area contributed by atoms with Gasteiger partial charge in [0.2, 0.25) is 0 Å². The molecule has 1 fully saturated rings. The normalized spacial score (nSPS) is 19.6. The molecule has 0 aromatic heterocycles. The van der Waals surface area contributed by atoms with E-state index in [1.807, 2.05) is 6.07 Å². The molecule has 0 bridgehead atoms. The van der Waals surface area contributed by atoms with Crippen LogP contribution in [0.4, 0.5) is 10.1 Å². The molecule has 1 aromatic carbocycles. The summed E-state index contributed by atoms with van der Waals surface area (Å²) in [5.41, 5.74) is 1.81. The first-order chi connectivity index (χ1) is 10.2. The van der Waals surface area contributed by atoms with Gasteiger partial charge in [-0.2, -0.15) is 0 Å². The van der Waals surface area contributed by atoms with E-state index in [1.54, 1.807) is 6.07 Å². The van der Waals surface area contributed by atoms with E-state index in [0.717, 1.165) is 43.3 Å². The maximum atomic E-state index is 14.4. The maximum Gasteiger partial charge on any atom is 0.146 e. The summed E-state index contributed by atoms with van der Waals surface area (Å²) in [5, 5.41) is 3.24. The molecule has 1 unspecified atom stereocenters. The van der Waals surface area contributed by atoms with Crippen molar-refractivity contribution in [1.82, 2.24) is 5.32 Å². The first-order valence-electron chi connectivity index (χ1n) is 8.48. The molecule has 1 saturated heterocycles. The van der Waals surface area contributed by atoms with E-state index >= 15 is 0 Å². The second-order valence-electron chi connectivity index (χ2n) is 6.14. The predicted octanol–water partition coefficient (Wildman–Crippen LogP) is 4.34. The fourth-order valence-electron chi connectivity index (χ4n) is 3.29. The van der Waals surface area contributed by atoms with Crippen LogP contribution in [0.15, 0.2) is 18.2 Å². The molecule has 1 aromatic rings. The van der Waals surface area contributed by atoms with Gasteiger partial charge in [-0.25, -0.2) is 4.39 Å². The first-order valence-corrected chi connectivity index (χ1v) is 8.48. The van der Waals surface area contributed by atoms with Gasteiger partial charge < -0.3 is 10.2 Å². The van der Waals surface area contributed by atoms with Crippen molar-refractivity contribution in [2.24, 2.45) is 5.92 Å². The Labute approximate surface area is 128 Å². The highest BCUT2D eigenvalue weighted by Gasteiger charge is 2.18. The highest BCUT2D eigenvalue weighted by Crippen LogP contribution is 2.27. The van der Waals surface area contributed by atoms with Crippen LogP contribution in [-0.2, 0) is 6.54 Å². The van der Waals surface area contributed by atoms with Gasteiger partial charge in [0.1, 0.15) is 5.82 Å². The quantitative estimate of drug-likeness (QED) is 0.839. The zero-order valence-electron chi connectivity index (χ0n) is 13.5. The number of benzene rings is 1. The molecule has 0 spiro atoms. The highest BCUT2D eigenvalue weighted by atomic mass is 19.1. The lowest BCUT2D eigenvalue weighted by molar-refractivity contribution is 0.435. The zero-order valence-corrected chi connectivity index (χ0v) is 13.5. The van der Waals surface area contributed by atoms with Crippen molar-refractivity contribution in [1.29, 1.82) is 0 Å². The van der Waals surface area contributed by atoms with E-state index in [-0.39, 0.29) is 5.82 Å². The van der Waals surface area contributed by atoms with E-state index in [2.05, 4.69) is 30.1 Å². The van der Waals surface area contributed by atoms with Crippen molar-refractivity contribution >= 4 is 5.69 Å². The number of nitrogens with one attached hydrogen (secondary N) is 1. The molecular weight excluding hydrogens is 263 g/mol.